The molecule has 0 aliphatic rings. The van der Waals surface area contributed by atoms with Crippen LogP contribution in [-0.2, 0) is 0 Å². The largest absolute Gasteiger partial charge is 0.396 e. The lowest BCUT2D eigenvalue weighted by molar-refractivity contribution is 0.222. The molecule has 4 nitrogen and oxygen atoms in total. The molecule has 12 heavy (non-hydrogen) atoms. The second kappa shape index (κ2) is 6.91. The first kappa shape index (κ1) is 11.2. The zero-order chi connectivity index (χ0) is 9.40. The molecular formula is C8H18N2O2. The highest BCUT2D eigenvalue weighted by molar-refractivity contribution is 5.73. The number of urea groups is 1. The summed E-state index contributed by atoms with van der Waals surface area (Å²) >= 11 is 0. The molecule has 0 saturated heterocycles. The SMILES string of the molecule is CCCNC(=O)NCC(C)CO. The Kier molecular flexibility index (Phi) is 6.47. The van der Waals surface area contributed by atoms with Crippen LogP contribution in [0.25, 0.3) is 0 Å². The maximum absolute atomic E-state index is 10.9. The van der Waals surface area contributed by atoms with Gasteiger partial charge in [-0.2, -0.15) is 0 Å². The van der Waals surface area contributed by atoms with Crippen LogP contribution < -0.4 is 10.6 Å². The summed E-state index contributed by atoms with van der Waals surface area (Å²) in [5, 5.41) is 14.0. The molecule has 0 spiro atoms. The summed E-state index contributed by atoms with van der Waals surface area (Å²) in [7, 11) is 0. The van der Waals surface area contributed by atoms with E-state index in [0.29, 0.717) is 13.1 Å². The third-order valence-corrected chi connectivity index (χ3v) is 1.46. The van der Waals surface area contributed by atoms with Crippen LogP contribution in [0.1, 0.15) is 20.3 Å². The highest BCUT2D eigenvalue weighted by atomic mass is 16.3. The van der Waals surface area contributed by atoms with E-state index in [0.717, 1.165) is 6.42 Å². The zero-order valence-electron chi connectivity index (χ0n) is 7.76. The van der Waals surface area contributed by atoms with Crippen LogP contribution in [0.15, 0.2) is 0 Å². The minimum atomic E-state index is -0.155. The quantitative estimate of drug-likeness (QED) is 0.562. The molecule has 0 bridgehead atoms. The number of rotatable bonds is 5. The summed E-state index contributed by atoms with van der Waals surface area (Å²) in [5.74, 6) is 0.123. The highest BCUT2D eigenvalue weighted by Gasteiger charge is 2.02. The van der Waals surface area contributed by atoms with Crippen molar-refractivity contribution in [1.82, 2.24) is 10.6 Å². The third-order valence-electron chi connectivity index (χ3n) is 1.46. The van der Waals surface area contributed by atoms with Gasteiger partial charge in [0.25, 0.3) is 0 Å². The van der Waals surface area contributed by atoms with E-state index in [-0.39, 0.29) is 18.6 Å². The average molecular weight is 174 g/mol. The fourth-order valence-corrected chi connectivity index (χ4v) is 0.633. The summed E-state index contributed by atoms with van der Waals surface area (Å²) in [4.78, 5) is 10.9. The van der Waals surface area contributed by atoms with Gasteiger partial charge >= 0.3 is 6.03 Å². The lowest BCUT2D eigenvalue weighted by Crippen LogP contribution is -2.38. The van der Waals surface area contributed by atoms with E-state index in [4.69, 9.17) is 5.11 Å². The highest BCUT2D eigenvalue weighted by Crippen LogP contribution is 1.87. The molecule has 3 N–H and O–H groups in total. The summed E-state index contributed by atoms with van der Waals surface area (Å²) in [6, 6.07) is -0.155. The number of carbonyl (C=O) groups excluding carboxylic acids is 1. The van der Waals surface area contributed by atoms with Gasteiger partial charge in [-0.15, -0.1) is 0 Å². The van der Waals surface area contributed by atoms with E-state index < -0.39 is 0 Å². The van der Waals surface area contributed by atoms with Gasteiger partial charge in [0.15, 0.2) is 0 Å². The molecule has 72 valence electrons. The van der Waals surface area contributed by atoms with Gasteiger partial charge in [0.2, 0.25) is 0 Å². The molecule has 1 unspecified atom stereocenters. The summed E-state index contributed by atoms with van der Waals surface area (Å²) in [6.45, 7) is 5.19. The van der Waals surface area contributed by atoms with Crippen LogP contribution in [0.4, 0.5) is 4.79 Å². The zero-order valence-corrected chi connectivity index (χ0v) is 7.76. The number of amides is 2. The molecular weight excluding hydrogens is 156 g/mol. The van der Waals surface area contributed by atoms with Gasteiger partial charge in [0, 0.05) is 19.7 Å². The van der Waals surface area contributed by atoms with Gasteiger partial charge in [-0.25, -0.2) is 4.79 Å². The van der Waals surface area contributed by atoms with Gasteiger partial charge in [0.05, 0.1) is 0 Å². The molecule has 0 aliphatic heterocycles. The first-order valence-corrected chi connectivity index (χ1v) is 4.33. The van der Waals surface area contributed by atoms with E-state index in [1.165, 1.54) is 0 Å². The van der Waals surface area contributed by atoms with E-state index in [1.807, 2.05) is 13.8 Å². The molecule has 0 aromatic carbocycles. The number of carbonyl (C=O) groups is 1. The van der Waals surface area contributed by atoms with Crippen LogP contribution in [-0.4, -0.2) is 30.8 Å². The third kappa shape index (κ3) is 5.97. The van der Waals surface area contributed by atoms with E-state index >= 15 is 0 Å². The van der Waals surface area contributed by atoms with Crippen molar-refractivity contribution in [2.75, 3.05) is 19.7 Å². The molecule has 0 aromatic rings. The van der Waals surface area contributed by atoms with Crippen LogP contribution >= 0.6 is 0 Å². The molecule has 0 fully saturated rings. The maximum atomic E-state index is 10.9. The fraction of sp³-hybridized carbons (Fsp3) is 0.875. The molecule has 0 heterocycles. The van der Waals surface area contributed by atoms with Gasteiger partial charge in [-0.05, 0) is 12.3 Å². The Bertz CT molecular complexity index is 128. The first-order chi connectivity index (χ1) is 5.70. The predicted octanol–water partition coefficient (Wildman–Crippen LogP) is 0.324. The number of hydrogen-bond donors (Lipinski definition) is 3. The number of nitrogens with one attached hydrogen (secondary N) is 2. The Labute approximate surface area is 73.3 Å². The monoisotopic (exact) mass is 174 g/mol. The van der Waals surface area contributed by atoms with Crippen molar-refractivity contribution in [3.63, 3.8) is 0 Å². The van der Waals surface area contributed by atoms with Crippen LogP contribution in [0.2, 0.25) is 0 Å². The van der Waals surface area contributed by atoms with Gasteiger partial charge in [0.1, 0.15) is 0 Å². The molecule has 4 heteroatoms. The normalized spacial score (nSPS) is 12.2. The Morgan fingerprint density at radius 1 is 1.50 bits per heavy atom. The number of hydrogen-bond acceptors (Lipinski definition) is 2. The smallest absolute Gasteiger partial charge is 0.314 e. The number of aliphatic hydroxyl groups is 1. The summed E-state index contributed by atoms with van der Waals surface area (Å²) < 4.78 is 0. The molecule has 0 radical (unpaired) electrons. The van der Waals surface area contributed by atoms with E-state index in [1.54, 1.807) is 0 Å². The minimum absolute atomic E-state index is 0.105. The van der Waals surface area contributed by atoms with Gasteiger partial charge in [-0.1, -0.05) is 13.8 Å². The second-order valence-corrected chi connectivity index (χ2v) is 2.92. The Balaban J connectivity index is 3.31. The van der Waals surface area contributed by atoms with E-state index in [2.05, 4.69) is 10.6 Å². The lowest BCUT2D eigenvalue weighted by atomic mass is 10.2. The molecule has 0 rings (SSSR count). The van der Waals surface area contributed by atoms with E-state index in [9.17, 15) is 4.79 Å². The lowest BCUT2D eigenvalue weighted by Gasteiger charge is -2.09. The summed E-state index contributed by atoms with van der Waals surface area (Å²) in [5.41, 5.74) is 0. The standard InChI is InChI=1S/C8H18N2O2/c1-3-4-9-8(12)10-5-7(2)6-11/h7,11H,3-6H2,1-2H3,(H2,9,10,12). The Morgan fingerprint density at radius 3 is 2.67 bits per heavy atom. The van der Waals surface area contributed by atoms with Crippen molar-refractivity contribution in [2.24, 2.45) is 5.92 Å². The topological polar surface area (TPSA) is 61.4 Å². The Hall–Kier alpha value is -0.770. The van der Waals surface area contributed by atoms with Crippen LogP contribution in [0, 0.1) is 5.92 Å². The van der Waals surface area contributed by atoms with Gasteiger partial charge in [-0.3, -0.25) is 0 Å². The molecule has 1 atom stereocenters. The number of aliphatic hydroxyl groups excluding tert-OH is 1. The van der Waals surface area contributed by atoms with Gasteiger partial charge < -0.3 is 15.7 Å². The molecule has 2 amide bonds. The van der Waals surface area contributed by atoms with Crippen molar-refractivity contribution < 1.29 is 9.90 Å². The summed E-state index contributed by atoms with van der Waals surface area (Å²) in [6.07, 6.45) is 0.934. The maximum Gasteiger partial charge on any atom is 0.314 e. The minimum Gasteiger partial charge on any atom is -0.396 e. The average Bonchev–Trinajstić information content (AvgIpc) is 2.10. The second-order valence-electron chi connectivity index (χ2n) is 2.92. The van der Waals surface area contributed by atoms with Crippen molar-refractivity contribution >= 4 is 6.03 Å². The molecule has 0 aromatic heterocycles. The molecule has 0 saturated carbocycles. The predicted molar refractivity (Wildman–Crippen MR) is 47.9 cm³/mol. The van der Waals surface area contributed by atoms with Crippen molar-refractivity contribution in [1.29, 1.82) is 0 Å². The van der Waals surface area contributed by atoms with Crippen LogP contribution in [0.5, 0.6) is 0 Å². The van der Waals surface area contributed by atoms with Crippen molar-refractivity contribution in [2.45, 2.75) is 20.3 Å². The van der Waals surface area contributed by atoms with Crippen molar-refractivity contribution in [3.05, 3.63) is 0 Å². The van der Waals surface area contributed by atoms with Crippen molar-refractivity contribution in [3.8, 4) is 0 Å². The molecule has 0 aliphatic carbocycles. The fourth-order valence-electron chi connectivity index (χ4n) is 0.633. The Morgan fingerprint density at radius 2 is 2.17 bits per heavy atom. The van der Waals surface area contributed by atoms with Crippen LogP contribution in [0.3, 0.4) is 0 Å². The first-order valence-electron chi connectivity index (χ1n) is 4.33.